The molecule has 3 rings (SSSR count). The van der Waals surface area contributed by atoms with E-state index >= 15 is 0 Å². The molecule has 0 radical (unpaired) electrons. The highest BCUT2D eigenvalue weighted by molar-refractivity contribution is 7.15. The van der Waals surface area contributed by atoms with Crippen molar-refractivity contribution in [2.45, 2.75) is 6.92 Å². The lowest BCUT2D eigenvalue weighted by Crippen LogP contribution is -2.15. The Morgan fingerprint density at radius 2 is 1.36 bits per heavy atom. The molecule has 0 bridgehead atoms. The lowest BCUT2D eigenvalue weighted by atomic mass is 10.0. The minimum atomic E-state index is -0.613. The van der Waals surface area contributed by atoms with Gasteiger partial charge in [0, 0.05) is 16.7 Å². The van der Waals surface area contributed by atoms with E-state index < -0.39 is 11.6 Å². The van der Waals surface area contributed by atoms with Crippen molar-refractivity contribution >= 4 is 33.9 Å². The number of ketones is 2. The van der Waals surface area contributed by atoms with Crippen molar-refractivity contribution in [2.24, 2.45) is 0 Å². The van der Waals surface area contributed by atoms with Crippen LogP contribution in [0.3, 0.4) is 0 Å². The van der Waals surface area contributed by atoms with Gasteiger partial charge in [0.15, 0.2) is 0 Å². The molecule has 1 amide bonds. The van der Waals surface area contributed by atoms with Crippen molar-refractivity contribution < 1.29 is 14.4 Å². The van der Waals surface area contributed by atoms with Gasteiger partial charge in [-0.05, 0) is 19.1 Å². The molecular formula is C18H13N3O3S. The zero-order valence-corrected chi connectivity index (χ0v) is 14.0. The number of carbonyl (C=O) groups is 3. The minimum Gasteiger partial charge on any atom is -0.296 e. The molecule has 124 valence electrons. The molecular weight excluding hydrogens is 338 g/mol. The molecule has 1 N–H and O–H groups in total. The highest BCUT2D eigenvalue weighted by atomic mass is 32.1. The van der Waals surface area contributed by atoms with Crippen LogP contribution in [0.15, 0.2) is 54.6 Å². The van der Waals surface area contributed by atoms with Gasteiger partial charge in [-0.1, -0.05) is 53.8 Å². The molecule has 0 aliphatic rings. The fourth-order valence-electron chi connectivity index (χ4n) is 2.14. The summed E-state index contributed by atoms with van der Waals surface area (Å²) in [6.07, 6.45) is 0. The molecule has 3 aromatic rings. The van der Waals surface area contributed by atoms with E-state index in [0.717, 1.165) is 5.01 Å². The number of Topliss-reactive ketones (excluding diaryl/α,β-unsaturated/α-hetero) is 2. The van der Waals surface area contributed by atoms with Crippen molar-refractivity contribution in [3.05, 3.63) is 76.3 Å². The largest absolute Gasteiger partial charge is 0.296 e. The molecule has 1 heterocycles. The van der Waals surface area contributed by atoms with Gasteiger partial charge in [0.25, 0.3) is 5.91 Å². The summed E-state index contributed by atoms with van der Waals surface area (Å²) in [7, 11) is 0. The Hall–Kier alpha value is -3.19. The number of carbonyl (C=O) groups excluding carboxylic acids is 3. The molecule has 0 saturated heterocycles. The minimum absolute atomic E-state index is 0.233. The Morgan fingerprint density at radius 1 is 0.800 bits per heavy atom. The van der Waals surface area contributed by atoms with Gasteiger partial charge < -0.3 is 0 Å². The van der Waals surface area contributed by atoms with Gasteiger partial charge in [-0.15, -0.1) is 10.2 Å². The third-order valence-corrected chi connectivity index (χ3v) is 4.15. The van der Waals surface area contributed by atoms with Gasteiger partial charge in [0.05, 0.1) is 0 Å². The number of amides is 1. The van der Waals surface area contributed by atoms with E-state index in [1.54, 1.807) is 37.3 Å². The number of benzene rings is 2. The number of anilines is 1. The third kappa shape index (κ3) is 3.84. The molecule has 7 heteroatoms. The molecule has 0 aliphatic carbocycles. The molecule has 2 aromatic carbocycles. The smallest absolute Gasteiger partial charge is 0.257 e. The zero-order valence-electron chi connectivity index (χ0n) is 13.2. The average Bonchev–Trinajstić information content (AvgIpc) is 3.06. The summed E-state index contributed by atoms with van der Waals surface area (Å²) in [6.45, 7) is 1.79. The van der Waals surface area contributed by atoms with E-state index in [1.807, 2.05) is 0 Å². The average molecular weight is 351 g/mol. The van der Waals surface area contributed by atoms with Crippen LogP contribution in [0.2, 0.25) is 0 Å². The fraction of sp³-hybridized carbons (Fsp3) is 0.0556. The number of hydrogen-bond acceptors (Lipinski definition) is 6. The first-order valence-electron chi connectivity index (χ1n) is 7.40. The summed E-state index contributed by atoms with van der Waals surface area (Å²) in [5.74, 6) is -1.55. The molecule has 1 aromatic heterocycles. The van der Waals surface area contributed by atoms with Gasteiger partial charge >= 0.3 is 0 Å². The number of nitrogens with one attached hydrogen (secondary N) is 1. The quantitative estimate of drug-likeness (QED) is 0.563. The van der Waals surface area contributed by atoms with Gasteiger partial charge in [-0.3, -0.25) is 19.7 Å². The second-order valence-electron chi connectivity index (χ2n) is 5.18. The van der Waals surface area contributed by atoms with Gasteiger partial charge in [0.1, 0.15) is 5.01 Å². The van der Waals surface area contributed by atoms with Crippen LogP contribution < -0.4 is 5.32 Å². The fourth-order valence-corrected chi connectivity index (χ4v) is 2.73. The van der Waals surface area contributed by atoms with Gasteiger partial charge in [-0.25, -0.2) is 0 Å². The zero-order chi connectivity index (χ0) is 17.8. The van der Waals surface area contributed by atoms with E-state index in [1.165, 1.54) is 35.6 Å². The van der Waals surface area contributed by atoms with Crippen molar-refractivity contribution in [3.8, 4) is 0 Å². The summed E-state index contributed by atoms with van der Waals surface area (Å²) in [5, 5.41) is 11.4. The van der Waals surface area contributed by atoms with Crippen molar-refractivity contribution in [1.29, 1.82) is 0 Å². The Bertz CT molecular complexity index is 934. The van der Waals surface area contributed by atoms with Crippen LogP contribution in [0.25, 0.3) is 0 Å². The summed E-state index contributed by atoms with van der Waals surface area (Å²) >= 11 is 1.27. The van der Waals surface area contributed by atoms with Crippen molar-refractivity contribution in [3.63, 3.8) is 0 Å². The molecule has 0 saturated carbocycles. The maximum absolute atomic E-state index is 12.3. The van der Waals surface area contributed by atoms with Crippen molar-refractivity contribution in [2.75, 3.05) is 5.32 Å². The Morgan fingerprint density at radius 3 is 1.92 bits per heavy atom. The number of aryl methyl sites for hydroxylation is 1. The molecule has 0 aliphatic heterocycles. The van der Waals surface area contributed by atoms with Crippen LogP contribution in [0.4, 0.5) is 5.13 Å². The molecule has 0 atom stereocenters. The van der Waals surface area contributed by atoms with E-state index in [9.17, 15) is 14.4 Å². The molecule has 6 nitrogen and oxygen atoms in total. The van der Waals surface area contributed by atoms with Crippen LogP contribution in [-0.4, -0.2) is 27.7 Å². The van der Waals surface area contributed by atoms with Crippen LogP contribution >= 0.6 is 11.3 Å². The van der Waals surface area contributed by atoms with Crippen LogP contribution in [0.1, 0.15) is 36.1 Å². The summed E-state index contributed by atoms with van der Waals surface area (Å²) in [5.41, 5.74) is 0.926. The summed E-state index contributed by atoms with van der Waals surface area (Å²) in [4.78, 5) is 36.6. The first kappa shape index (κ1) is 16.7. The Kier molecular flexibility index (Phi) is 4.76. The maximum atomic E-state index is 12.3. The SMILES string of the molecule is Cc1nnc(NC(=O)c2ccc(C(=O)C(=O)c3ccccc3)cc2)s1. The first-order chi connectivity index (χ1) is 12.0. The van der Waals surface area contributed by atoms with Crippen LogP contribution in [-0.2, 0) is 0 Å². The van der Waals surface area contributed by atoms with Crippen LogP contribution in [0, 0.1) is 6.92 Å². The molecule has 0 fully saturated rings. The third-order valence-electron chi connectivity index (χ3n) is 3.40. The Labute approximate surface area is 147 Å². The topological polar surface area (TPSA) is 89.0 Å². The highest BCUT2D eigenvalue weighted by Crippen LogP contribution is 2.16. The normalized spacial score (nSPS) is 10.3. The summed E-state index contributed by atoms with van der Waals surface area (Å²) in [6, 6.07) is 14.3. The maximum Gasteiger partial charge on any atom is 0.257 e. The van der Waals surface area contributed by atoms with Crippen molar-refractivity contribution in [1.82, 2.24) is 10.2 Å². The Balaban J connectivity index is 1.72. The second-order valence-corrected chi connectivity index (χ2v) is 6.36. The van der Waals surface area contributed by atoms with E-state index in [2.05, 4.69) is 15.5 Å². The number of rotatable bonds is 5. The van der Waals surface area contributed by atoms with E-state index in [-0.39, 0.29) is 11.5 Å². The lowest BCUT2D eigenvalue weighted by molar-refractivity contribution is 0.0817. The second kappa shape index (κ2) is 7.14. The predicted octanol–water partition coefficient (Wildman–Crippen LogP) is 3.16. The number of nitrogens with zero attached hydrogens (tertiary/aromatic N) is 2. The number of hydrogen-bond donors (Lipinski definition) is 1. The number of aromatic nitrogens is 2. The van der Waals surface area contributed by atoms with E-state index in [4.69, 9.17) is 0 Å². The lowest BCUT2D eigenvalue weighted by Gasteiger charge is -2.04. The monoisotopic (exact) mass is 351 g/mol. The van der Waals surface area contributed by atoms with E-state index in [0.29, 0.717) is 16.3 Å². The standard InChI is InChI=1S/C18H13N3O3S/c1-11-20-21-18(25-11)19-17(24)14-9-7-13(8-10-14)16(23)15(22)12-5-3-2-4-6-12/h2-10H,1H3,(H,19,21,24). The molecule has 25 heavy (non-hydrogen) atoms. The van der Waals surface area contributed by atoms with Crippen LogP contribution in [0.5, 0.6) is 0 Å². The molecule has 0 spiro atoms. The summed E-state index contributed by atoms with van der Waals surface area (Å²) < 4.78 is 0. The highest BCUT2D eigenvalue weighted by Gasteiger charge is 2.18. The molecule has 0 unspecified atom stereocenters. The first-order valence-corrected chi connectivity index (χ1v) is 8.22. The van der Waals surface area contributed by atoms with Gasteiger partial charge in [0.2, 0.25) is 16.7 Å². The van der Waals surface area contributed by atoms with Gasteiger partial charge in [-0.2, -0.15) is 0 Å². The predicted molar refractivity (Wildman–Crippen MR) is 94.1 cm³/mol.